The molecule has 4 fully saturated rings. The van der Waals surface area contributed by atoms with Crippen LogP contribution in [0.3, 0.4) is 0 Å². The van der Waals surface area contributed by atoms with Crippen molar-refractivity contribution in [3.05, 3.63) is 53.0 Å². The van der Waals surface area contributed by atoms with Crippen molar-refractivity contribution in [1.82, 2.24) is 19.9 Å². The van der Waals surface area contributed by atoms with Crippen molar-refractivity contribution in [2.75, 3.05) is 0 Å². The Morgan fingerprint density at radius 2 is 1.65 bits per heavy atom. The van der Waals surface area contributed by atoms with Crippen LogP contribution in [0.25, 0.3) is 16.8 Å². The van der Waals surface area contributed by atoms with Crippen LogP contribution in [0.15, 0.2) is 30.3 Å². The summed E-state index contributed by atoms with van der Waals surface area (Å²) in [5, 5.41) is 8.24. The summed E-state index contributed by atoms with van der Waals surface area (Å²) in [7, 11) is 0. The van der Waals surface area contributed by atoms with Crippen molar-refractivity contribution in [2.24, 2.45) is 23.2 Å². The second-order valence-corrected chi connectivity index (χ2v) is 11.6. The van der Waals surface area contributed by atoms with E-state index in [4.69, 9.17) is 10.1 Å². The number of nitrogens with zero attached hydrogens (tertiary/aromatic N) is 3. The minimum atomic E-state index is 0.114. The lowest BCUT2D eigenvalue weighted by Crippen LogP contribution is -2.56. The Morgan fingerprint density at radius 1 is 1.03 bits per heavy atom. The molecule has 7 rings (SSSR count). The highest BCUT2D eigenvalue weighted by Gasteiger charge is 2.53. The molecule has 4 bridgehead atoms. The minimum absolute atomic E-state index is 0.114. The molecule has 34 heavy (non-hydrogen) atoms. The van der Waals surface area contributed by atoms with Crippen molar-refractivity contribution in [3.63, 3.8) is 0 Å². The van der Waals surface area contributed by atoms with Crippen molar-refractivity contribution in [1.29, 1.82) is 0 Å². The fourth-order valence-corrected chi connectivity index (χ4v) is 7.98. The van der Waals surface area contributed by atoms with Gasteiger partial charge in [-0.3, -0.25) is 4.79 Å². The third-order valence-corrected chi connectivity index (χ3v) is 9.28. The Balaban J connectivity index is 1.25. The average Bonchev–Trinajstić information content (AvgIpc) is 3.12. The SMILES string of the molecule is Cc1nc2c(-c3ccccc3)c(C)nn2c(C)c1CC(=O)N[C@H](C)C12CC3CC(CC(C3)C1)C2. The lowest BCUT2D eigenvalue weighted by molar-refractivity contribution is -0.125. The van der Waals surface area contributed by atoms with Gasteiger partial charge in [0.2, 0.25) is 5.91 Å². The van der Waals surface area contributed by atoms with Crippen LogP contribution in [0.4, 0.5) is 0 Å². The molecule has 0 unspecified atom stereocenters. The Morgan fingerprint density at radius 3 is 2.26 bits per heavy atom. The quantitative estimate of drug-likeness (QED) is 0.545. The minimum Gasteiger partial charge on any atom is -0.353 e. The molecule has 4 saturated carbocycles. The monoisotopic (exact) mass is 456 g/mol. The van der Waals surface area contributed by atoms with Gasteiger partial charge in [-0.1, -0.05) is 30.3 Å². The summed E-state index contributed by atoms with van der Waals surface area (Å²) in [5.41, 5.74) is 7.24. The van der Waals surface area contributed by atoms with E-state index in [0.717, 1.165) is 57.2 Å². The first kappa shape index (κ1) is 21.8. The fourth-order valence-electron chi connectivity index (χ4n) is 7.98. The predicted molar refractivity (Wildman–Crippen MR) is 135 cm³/mol. The molecule has 5 heteroatoms. The molecule has 1 atom stereocenters. The summed E-state index contributed by atoms with van der Waals surface area (Å²) in [5.74, 6) is 2.79. The smallest absolute Gasteiger partial charge is 0.224 e. The Labute approximate surface area is 202 Å². The number of rotatable bonds is 5. The number of amides is 1. The van der Waals surface area contributed by atoms with Gasteiger partial charge in [0.05, 0.1) is 12.1 Å². The number of carbonyl (C=O) groups is 1. The molecule has 2 aromatic heterocycles. The molecule has 0 aliphatic heterocycles. The topological polar surface area (TPSA) is 59.3 Å². The van der Waals surface area contributed by atoms with Crippen LogP contribution in [-0.2, 0) is 11.2 Å². The zero-order valence-corrected chi connectivity index (χ0v) is 20.9. The van der Waals surface area contributed by atoms with Gasteiger partial charge in [0.15, 0.2) is 5.65 Å². The van der Waals surface area contributed by atoms with Crippen molar-refractivity contribution < 1.29 is 4.79 Å². The molecule has 0 spiro atoms. The Hall–Kier alpha value is -2.69. The van der Waals surface area contributed by atoms with Gasteiger partial charge in [-0.2, -0.15) is 5.10 Å². The average molecular weight is 457 g/mol. The second-order valence-electron chi connectivity index (χ2n) is 11.6. The Bertz CT molecular complexity index is 1220. The van der Waals surface area contributed by atoms with E-state index >= 15 is 0 Å². The first-order valence-electron chi connectivity index (χ1n) is 13.0. The zero-order chi connectivity index (χ0) is 23.6. The fraction of sp³-hybridized carbons (Fsp3) is 0.552. The van der Waals surface area contributed by atoms with Gasteiger partial charge in [0.25, 0.3) is 0 Å². The molecule has 0 saturated heterocycles. The van der Waals surface area contributed by atoms with Crippen molar-refractivity contribution in [3.8, 4) is 11.1 Å². The van der Waals surface area contributed by atoms with E-state index in [0.29, 0.717) is 11.8 Å². The first-order chi connectivity index (χ1) is 16.3. The van der Waals surface area contributed by atoms with E-state index in [9.17, 15) is 4.79 Å². The van der Waals surface area contributed by atoms with Crippen LogP contribution < -0.4 is 5.32 Å². The number of hydrogen-bond donors (Lipinski definition) is 1. The molecular formula is C29H36N4O. The van der Waals surface area contributed by atoms with E-state index in [2.05, 4.69) is 31.3 Å². The standard InChI is InChI=1S/C29H36N4O/c1-17-25(19(3)33-28(30-17)27(18(2)32-33)24-8-6-5-7-9-24)13-26(34)31-20(4)29-14-21-10-22(15-29)12-23(11-21)16-29/h5-9,20-23H,10-16H2,1-4H3,(H,31,34)/t20-,21?,22?,23?,29?/m1/s1. The maximum absolute atomic E-state index is 13.3. The number of benzene rings is 1. The maximum Gasteiger partial charge on any atom is 0.224 e. The van der Waals surface area contributed by atoms with Gasteiger partial charge in [-0.05, 0) is 95.0 Å². The first-order valence-corrected chi connectivity index (χ1v) is 13.0. The summed E-state index contributed by atoms with van der Waals surface area (Å²) in [6.07, 6.45) is 8.56. The van der Waals surface area contributed by atoms with Gasteiger partial charge in [0.1, 0.15) is 0 Å². The zero-order valence-electron chi connectivity index (χ0n) is 20.9. The van der Waals surface area contributed by atoms with E-state index in [1.807, 2.05) is 36.6 Å². The lowest BCUT2D eigenvalue weighted by Gasteiger charge is -2.59. The number of carbonyl (C=O) groups excluding carboxylic acids is 1. The maximum atomic E-state index is 13.3. The van der Waals surface area contributed by atoms with E-state index in [1.54, 1.807) is 0 Å². The van der Waals surface area contributed by atoms with Crippen molar-refractivity contribution in [2.45, 2.75) is 78.7 Å². The molecular weight excluding hydrogens is 420 g/mol. The molecule has 1 amide bonds. The highest BCUT2D eigenvalue weighted by Crippen LogP contribution is 2.61. The van der Waals surface area contributed by atoms with E-state index in [-0.39, 0.29) is 11.9 Å². The van der Waals surface area contributed by atoms with Crippen LogP contribution in [-0.4, -0.2) is 26.5 Å². The summed E-state index contributed by atoms with van der Waals surface area (Å²) in [6.45, 7) is 8.38. The van der Waals surface area contributed by atoms with Crippen LogP contribution >= 0.6 is 0 Å². The van der Waals surface area contributed by atoms with Gasteiger partial charge in [-0.15, -0.1) is 0 Å². The number of fused-ring (bicyclic) bond motifs is 1. The molecule has 178 valence electrons. The number of aryl methyl sites for hydroxylation is 3. The highest BCUT2D eigenvalue weighted by atomic mass is 16.1. The molecule has 4 aliphatic rings. The van der Waals surface area contributed by atoms with Crippen LogP contribution in [0, 0.1) is 43.9 Å². The van der Waals surface area contributed by atoms with Gasteiger partial charge in [-0.25, -0.2) is 9.50 Å². The predicted octanol–water partition coefficient (Wildman–Crippen LogP) is 5.59. The third kappa shape index (κ3) is 3.47. The lowest BCUT2D eigenvalue weighted by atomic mass is 9.48. The normalized spacial score (nSPS) is 28.4. The second kappa shape index (κ2) is 7.93. The summed E-state index contributed by atoms with van der Waals surface area (Å²) in [4.78, 5) is 18.2. The van der Waals surface area contributed by atoms with Gasteiger partial charge in [0, 0.05) is 28.6 Å². The number of aromatic nitrogens is 3. The highest BCUT2D eigenvalue weighted by molar-refractivity contribution is 5.82. The summed E-state index contributed by atoms with van der Waals surface area (Å²) < 4.78 is 1.93. The molecule has 3 aromatic rings. The molecule has 1 N–H and O–H groups in total. The molecule has 2 heterocycles. The Kier molecular flexibility index (Phi) is 5.09. The van der Waals surface area contributed by atoms with E-state index in [1.165, 1.54) is 38.5 Å². The molecule has 4 aliphatic carbocycles. The van der Waals surface area contributed by atoms with Crippen molar-refractivity contribution >= 4 is 11.6 Å². The number of hydrogen-bond acceptors (Lipinski definition) is 3. The van der Waals surface area contributed by atoms with E-state index < -0.39 is 0 Å². The van der Waals surface area contributed by atoms with Crippen LogP contribution in [0.5, 0.6) is 0 Å². The number of nitrogens with one attached hydrogen (secondary N) is 1. The van der Waals surface area contributed by atoms with Gasteiger partial charge >= 0.3 is 0 Å². The van der Waals surface area contributed by atoms with Crippen LogP contribution in [0.1, 0.15) is 68.1 Å². The molecule has 0 radical (unpaired) electrons. The molecule has 1 aromatic carbocycles. The van der Waals surface area contributed by atoms with Gasteiger partial charge < -0.3 is 5.32 Å². The molecule has 5 nitrogen and oxygen atoms in total. The van der Waals surface area contributed by atoms with Crippen LogP contribution in [0.2, 0.25) is 0 Å². The summed E-state index contributed by atoms with van der Waals surface area (Å²) in [6, 6.07) is 10.5. The third-order valence-electron chi connectivity index (χ3n) is 9.28. The summed E-state index contributed by atoms with van der Waals surface area (Å²) >= 11 is 0. The largest absolute Gasteiger partial charge is 0.353 e.